The number of benzene rings is 1. The molecule has 6 heteroatoms. The second-order valence-corrected chi connectivity index (χ2v) is 6.56. The number of rotatable bonds is 5. The molecule has 1 heterocycles. The van der Waals surface area contributed by atoms with Crippen LogP contribution in [0, 0.1) is 11.3 Å². The number of nitrogens with one attached hydrogen (secondary N) is 1. The van der Waals surface area contributed by atoms with E-state index in [-0.39, 0.29) is 23.1 Å². The topological polar surface area (TPSA) is 103 Å². The molecule has 3 rings (SSSR count). The molecule has 1 aromatic carbocycles. The Labute approximate surface area is 157 Å². The zero-order chi connectivity index (χ0) is 19.2. The minimum Gasteiger partial charge on any atom is -0.478 e. The average molecular weight is 364 g/mol. The highest BCUT2D eigenvalue weighted by Crippen LogP contribution is 2.24. The Bertz CT molecular complexity index is 897. The molecule has 1 aliphatic rings. The van der Waals surface area contributed by atoms with E-state index in [1.54, 1.807) is 24.3 Å². The van der Waals surface area contributed by atoms with Crippen molar-refractivity contribution in [3.63, 3.8) is 0 Å². The van der Waals surface area contributed by atoms with Gasteiger partial charge in [0.05, 0.1) is 5.56 Å². The number of carboxylic acids is 1. The molecule has 0 spiro atoms. The van der Waals surface area contributed by atoms with Crippen LogP contribution in [0.15, 0.2) is 46.4 Å². The second kappa shape index (κ2) is 8.37. The van der Waals surface area contributed by atoms with Gasteiger partial charge < -0.3 is 14.8 Å². The molecule has 1 aromatic heterocycles. The van der Waals surface area contributed by atoms with E-state index in [4.69, 9.17) is 9.52 Å². The van der Waals surface area contributed by atoms with Crippen molar-refractivity contribution in [2.75, 3.05) is 0 Å². The summed E-state index contributed by atoms with van der Waals surface area (Å²) in [5.74, 6) is -0.453. The minimum atomic E-state index is -0.993. The molecule has 0 saturated heterocycles. The van der Waals surface area contributed by atoms with Crippen molar-refractivity contribution in [1.29, 1.82) is 5.26 Å². The van der Waals surface area contributed by atoms with Crippen LogP contribution in [0.5, 0.6) is 0 Å². The van der Waals surface area contributed by atoms with Gasteiger partial charge in [0.1, 0.15) is 23.2 Å². The lowest BCUT2D eigenvalue weighted by atomic mass is 9.95. The molecule has 1 saturated carbocycles. The number of carbonyl (C=O) groups excluding carboxylic acids is 1. The number of nitriles is 1. The standard InChI is InChI=1S/C21H20N2O4/c22-13-16(20(24)23-17-4-2-1-3-5-17)12-18-10-11-19(27-18)14-6-8-15(9-7-14)21(25)26/h6-12,17H,1-5H2,(H,23,24)(H,25,26)/b16-12+. The molecule has 0 radical (unpaired) electrons. The minimum absolute atomic E-state index is 0.00250. The number of aromatic carboxylic acids is 1. The van der Waals surface area contributed by atoms with Gasteiger partial charge in [0.25, 0.3) is 5.91 Å². The van der Waals surface area contributed by atoms with Crippen LogP contribution in [0.25, 0.3) is 17.4 Å². The number of furan rings is 1. The Balaban J connectivity index is 1.72. The van der Waals surface area contributed by atoms with Crippen LogP contribution in [-0.2, 0) is 4.79 Å². The molecule has 1 amide bonds. The normalized spacial score (nSPS) is 15.1. The lowest BCUT2D eigenvalue weighted by Gasteiger charge is -2.22. The van der Waals surface area contributed by atoms with Crippen LogP contribution in [0.3, 0.4) is 0 Å². The van der Waals surface area contributed by atoms with Gasteiger partial charge in [-0.05, 0) is 37.1 Å². The van der Waals surface area contributed by atoms with E-state index in [0.29, 0.717) is 17.1 Å². The largest absolute Gasteiger partial charge is 0.478 e. The van der Waals surface area contributed by atoms with Crippen LogP contribution < -0.4 is 5.32 Å². The molecular weight excluding hydrogens is 344 g/mol. The fourth-order valence-electron chi connectivity index (χ4n) is 3.16. The number of hydrogen-bond donors (Lipinski definition) is 2. The van der Waals surface area contributed by atoms with Gasteiger partial charge in [0.15, 0.2) is 0 Å². The summed E-state index contributed by atoms with van der Waals surface area (Å²) in [6, 6.07) is 11.7. The average Bonchev–Trinajstić information content (AvgIpc) is 3.15. The van der Waals surface area contributed by atoms with Gasteiger partial charge in [-0.15, -0.1) is 0 Å². The quantitative estimate of drug-likeness (QED) is 0.616. The lowest BCUT2D eigenvalue weighted by molar-refractivity contribution is -0.117. The molecule has 0 bridgehead atoms. The summed E-state index contributed by atoms with van der Waals surface area (Å²) in [6.07, 6.45) is 6.70. The molecular formula is C21H20N2O4. The van der Waals surface area contributed by atoms with E-state index in [2.05, 4.69) is 5.32 Å². The Morgan fingerprint density at radius 1 is 1.11 bits per heavy atom. The van der Waals surface area contributed by atoms with Crippen LogP contribution in [-0.4, -0.2) is 23.0 Å². The van der Waals surface area contributed by atoms with Crippen LogP contribution in [0.2, 0.25) is 0 Å². The first-order valence-electron chi connectivity index (χ1n) is 8.93. The third-order valence-corrected chi connectivity index (χ3v) is 4.64. The molecule has 0 unspecified atom stereocenters. The van der Waals surface area contributed by atoms with Crippen LogP contribution in [0.4, 0.5) is 0 Å². The zero-order valence-corrected chi connectivity index (χ0v) is 14.8. The van der Waals surface area contributed by atoms with E-state index in [1.807, 2.05) is 6.07 Å². The van der Waals surface area contributed by atoms with Crippen LogP contribution in [0.1, 0.15) is 48.2 Å². The first-order chi connectivity index (χ1) is 13.1. The Kier molecular flexibility index (Phi) is 5.72. The first-order valence-corrected chi connectivity index (χ1v) is 8.93. The highest BCUT2D eigenvalue weighted by molar-refractivity contribution is 6.01. The molecule has 0 atom stereocenters. The molecule has 138 valence electrons. The summed E-state index contributed by atoms with van der Waals surface area (Å²) in [5, 5.41) is 21.2. The molecule has 6 nitrogen and oxygen atoms in total. The predicted octanol–water partition coefficient (Wildman–Crippen LogP) is 4.00. The van der Waals surface area contributed by atoms with Crippen molar-refractivity contribution in [2.45, 2.75) is 38.1 Å². The summed E-state index contributed by atoms with van der Waals surface area (Å²) in [5.41, 5.74) is 0.907. The van der Waals surface area contributed by atoms with Crippen molar-refractivity contribution in [1.82, 2.24) is 5.32 Å². The Hall–Kier alpha value is -3.33. The number of carbonyl (C=O) groups is 2. The van der Waals surface area contributed by atoms with E-state index in [9.17, 15) is 14.9 Å². The number of hydrogen-bond acceptors (Lipinski definition) is 4. The molecule has 27 heavy (non-hydrogen) atoms. The highest BCUT2D eigenvalue weighted by atomic mass is 16.4. The van der Waals surface area contributed by atoms with Crippen molar-refractivity contribution in [3.8, 4) is 17.4 Å². The van der Waals surface area contributed by atoms with Gasteiger partial charge in [-0.25, -0.2) is 4.79 Å². The van der Waals surface area contributed by atoms with E-state index in [1.165, 1.54) is 24.6 Å². The number of nitrogens with zero attached hydrogens (tertiary/aromatic N) is 1. The fourth-order valence-corrected chi connectivity index (χ4v) is 3.16. The Morgan fingerprint density at radius 3 is 2.44 bits per heavy atom. The van der Waals surface area contributed by atoms with Crippen molar-refractivity contribution in [3.05, 3.63) is 53.3 Å². The van der Waals surface area contributed by atoms with Crippen LogP contribution >= 0.6 is 0 Å². The maximum atomic E-state index is 12.3. The predicted molar refractivity (Wildman–Crippen MR) is 99.7 cm³/mol. The second-order valence-electron chi connectivity index (χ2n) is 6.56. The highest BCUT2D eigenvalue weighted by Gasteiger charge is 2.18. The monoisotopic (exact) mass is 364 g/mol. The Morgan fingerprint density at radius 2 is 1.81 bits per heavy atom. The fraction of sp³-hybridized carbons (Fsp3) is 0.286. The van der Waals surface area contributed by atoms with Gasteiger partial charge in [-0.3, -0.25) is 4.79 Å². The summed E-state index contributed by atoms with van der Waals surface area (Å²) in [4.78, 5) is 23.2. The van der Waals surface area contributed by atoms with Gasteiger partial charge >= 0.3 is 5.97 Å². The van der Waals surface area contributed by atoms with Crippen molar-refractivity contribution in [2.24, 2.45) is 0 Å². The molecule has 1 fully saturated rings. The SMILES string of the molecule is N#C/C(=C\c1ccc(-c2ccc(C(=O)O)cc2)o1)C(=O)NC1CCCCC1. The maximum absolute atomic E-state index is 12.3. The summed E-state index contributed by atoms with van der Waals surface area (Å²) < 4.78 is 5.69. The van der Waals surface area contributed by atoms with Crippen molar-refractivity contribution >= 4 is 18.0 Å². The van der Waals surface area contributed by atoms with Gasteiger partial charge in [-0.2, -0.15) is 5.26 Å². The van der Waals surface area contributed by atoms with E-state index >= 15 is 0 Å². The molecule has 2 aromatic rings. The maximum Gasteiger partial charge on any atom is 0.335 e. The van der Waals surface area contributed by atoms with E-state index < -0.39 is 5.97 Å². The summed E-state index contributed by atoms with van der Waals surface area (Å²) >= 11 is 0. The molecule has 1 aliphatic carbocycles. The number of amides is 1. The summed E-state index contributed by atoms with van der Waals surface area (Å²) in [7, 11) is 0. The van der Waals surface area contributed by atoms with E-state index in [0.717, 1.165) is 25.7 Å². The first kappa shape index (κ1) is 18.5. The smallest absolute Gasteiger partial charge is 0.335 e. The zero-order valence-electron chi connectivity index (χ0n) is 14.8. The lowest BCUT2D eigenvalue weighted by Crippen LogP contribution is -2.36. The number of carboxylic acid groups (broad SMARTS) is 1. The summed E-state index contributed by atoms with van der Waals surface area (Å²) in [6.45, 7) is 0. The third-order valence-electron chi connectivity index (χ3n) is 4.64. The van der Waals surface area contributed by atoms with Crippen molar-refractivity contribution < 1.29 is 19.1 Å². The van der Waals surface area contributed by atoms with Gasteiger partial charge in [0.2, 0.25) is 0 Å². The van der Waals surface area contributed by atoms with Gasteiger partial charge in [-0.1, -0.05) is 31.4 Å². The van der Waals surface area contributed by atoms with Gasteiger partial charge in [0, 0.05) is 17.7 Å². The molecule has 0 aliphatic heterocycles. The third kappa shape index (κ3) is 4.64. The molecule has 2 N–H and O–H groups in total.